The molecular formula is C16H14O6. The van der Waals surface area contributed by atoms with Gasteiger partial charge in [-0.2, -0.15) is 4.89 Å². The first-order chi connectivity index (χ1) is 10.9. The summed E-state index contributed by atoms with van der Waals surface area (Å²) >= 11 is 0. The van der Waals surface area contributed by atoms with Gasteiger partial charge in [0.05, 0.1) is 0 Å². The Labute approximate surface area is 125 Å². The van der Waals surface area contributed by atoms with Gasteiger partial charge in [0.25, 0.3) is 0 Å². The zero-order valence-electron chi connectivity index (χ0n) is 11.6. The standard InChI is InChI=1S/C8H8O3.C8H6O3/c1-2-4-8-7(3-1)5-10-11-6-9-8;1-2-4-8-7(3-1)5-6-9-11-10-8/h1-4H,5-6H2;1-6H. The number of ether oxygens (including phenoxy) is 1. The predicted molar refractivity (Wildman–Crippen MR) is 76.2 cm³/mol. The van der Waals surface area contributed by atoms with Gasteiger partial charge >= 0.3 is 0 Å². The molecule has 2 heterocycles. The molecule has 1 aliphatic rings. The predicted octanol–water partition coefficient (Wildman–Crippen LogP) is 4.23. The Hall–Kier alpha value is -2.70. The Morgan fingerprint density at radius 1 is 0.818 bits per heavy atom. The van der Waals surface area contributed by atoms with E-state index in [4.69, 9.17) is 14.2 Å². The molecule has 0 bridgehead atoms. The van der Waals surface area contributed by atoms with Gasteiger partial charge in [0.15, 0.2) is 5.58 Å². The van der Waals surface area contributed by atoms with E-state index >= 15 is 0 Å². The molecule has 22 heavy (non-hydrogen) atoms. The van der Waals surface area contributed by atoms with Crippen LogP contribution in [0.4, 0.5) is 0 Å². The van der Waals surface area contributed by atoms with Gasteiger partial charge in [0, 0.05) is 10.9 Å². The summed E-state index contributed by atoms with van der Waals surface area (Å²) < 4.78 is 18.8. The van der Waals surface area contributed by atoms with E-state index < -0.39 is 0 Å². The molecule has 1 aliphatic heterocycles. The monoisotopic (exact) mass is 302 g/mol. The molecule has 3 aromatic rings. The second-order valence-electron chi connectivity index (χ2n) is 4.34. The van der Waals surface area contributed by atoms with E-state index in [1.54, 1.807) is 12.1 Å². The highest BCUT2D eigenvalue weighted by Crippen LogP contribution is 2.20. The third kappa shape index (κ3) is 3.69. The number of fused-ring (bicyclic) bond motifs is 2. The average Bonchev–Trinajstić information content (AvgIpc) is 2.95. The van der Waals surface area contributed by atoms with Crippen LogP contribution in [0.3, 0.4) is 0 Å². The zero-order valence-corrected chi connectivity index (χ0v) is 11.6. The summed E-state index contributed by atoms with van der Waals surface area (Å²) in [4.78, 5) is 9.45. The van der Waals surface area contributed by atoms with Crippen molar-refractivity contribution >= 4 is 11.0 Å². The highest BCUT2D eigenvalue weighted by molar-refractivity contribution is 5.74. The fourth-order valence-corrected chi connectivity index (χ4v) is 1.86. The van der Waals surface area contributed by atoms with Crippen LogP contribution >= 0.6 is 0 Å². The van der Waals surface area contributed by atoms with Crippen LogP contribution < -0.4 is 4.74 Å². The Morgan fingerprint density at radius 2 is 1.68 bits per heavy atom. The van der Waals surface area contributed by atoms with Gasteiger partial charge in [0.1, 0.15) is 18.6 Å². The molecule has 0 spiro atoms. The first-order valence-electron chi connectivity index (χ1n) is 6.64. The molecule has 0 saturated carbocycles. The molecule has 0 aliphatic carbocycles. The second-order valence-corrected chi connectivity index (χ2v) is 4.34. The summed E-state index contributed by atoms with van der Waals surface area (Å²) in [6.45, 7) is 0.618. The van der Waals surface area contributed by atoms with Crippen LogP contribution in [0.2, 0.25) is 0 Å². The van der Waals surface area contributed by atoms with Crippen LogP contribution in [0.1, 0.15) is 5.56 Å². The van der Waals surface area contributed by atoms with Crippen molar-refractivity contribution < 1.29 is 28.4 Å². The van der Waals surface area contributed by atoms with Crippen molar-refractivity contribution in [3.63, 3.8) is 0 Å². The van der Waals surface area contributed by atoms with Crippen molar-refractivity contribution in [3.05, 3.63) is 66.4 Å². The van der Waals surface area contributed by atoms with E-state index in [-0.39, 0.29) is 6.79 Å². The van der Waals surface area contributed by atoms with E-state index in [0.717, 1.165) is 16.7 Å². The van der Waals surface area contributed by atoms with Gasteiger partial charge in [-0.1, -0.05) is 41.1 Å². The summed E-state index contributed by atoms with van der Waals surface area (Å²) in [7, 11) is 0. The molecule has 0 amide bonds. The first-order valence-corrected chi connectivity index (χ1v) is 6.64. The quantitative estimate of drug-likeness (QED) is 0.579. The van der Waals surface area contributed by atoms with Gasteiger partial charge in [-0.15, -0.1) is 0 Å². The number of hydrogen-bond donors (Lipinski definition) is 0. The largest absolute Gasteiger partial charge is 0.464 e. The van der Waals surface area contributed by atoms with Gasteiger partial charge in [-0.05, 0) is 18.2 Å². The Kier molecular flexibility index (Phi) is 4.76. The minimum Gasteiger partial charge on any atom is -0.464 e. The lowest BCUT2D eigenvalue weighted by molar-refractivity contribution is -0.325. The zero-order chi connectivity index (χ0) is 15.0. The molecule has 0 unspecified atom stereocenters. The molecule has 4 rings (SSSR count). The summed E-state index contributed by atoms with van der Waals surface area (Å²) in [5.74, 6) is 0.838. The Bertz CT molecular complexity index is 692. The molecule has 6 nitrogen and oxygen atoms in total. The van der Waals surface area contributed by atoms with Crippen molar-refractivity contribution in [3.8, 4) is 5.75 Å². The lowest BCUT2D eigenvalue weighted by atomic mass is 10.2. The van der Waals surface area contributed by atoms with Crippen molar-refractivity contribution in [1.29, 1.82) is 0 Å². The molecule has 0 radical (unpaired) electrons. The molecule has 0 N–H and O–H groups in total. The third-order valence-corrected chi connectivity index (χ3v) is 2.92. The van der Waals surface area contributed by atoms with E-state index in [2.05, 4.69) is 14.2 Å². The average molecular weight is 302 g/mol. The molecule has 114 valence electrons. The highest BCUT2D eigenvalue weighted by atomic mass is 17.2. The van der Waals surface area contributed by atoms with Gasteiger partial charge in [-0.25, -0.2) is 4.89 Å². The van der Waals surface area contributed by atoms with Crippen LogP contribution in [0.15, 0.2) is 74.7 Å². The number of para-hydroxylation sites is 2. The Morgan fingerprint density at radius 3 is 2.68 bits per heavy atom. The summed E-state index contributed by atoms with van der Waals surface area (Å²) in [6, 6.07) is 17.0. The van der Waals surface area contributed by atoms with Crippen LogP contribution in [-0.4, -0.2) is 6.79 Å². The summed E-state index contributed by atoms with van der Waals surface area (Å²) in [5, 5.41) is 0.935. The van der Waals surface area contributed by atoms with E-state index in [9.17, 15) is 0 Å². The summed E-state index contributed by atoms with van der Waals surface area (Å²) in [6.07, 6.45) is 1.42. The van der Waals surface area contributed by atoms with Crippen LogP contribution in [0.25, 0.3) is 11.0 Å². The maximum absolute atomic E-state index is 5.20. The van der Waals surface area contributed by atoms with Crippen LogP contribution in [-0.2, 0) is 16.4 Å². The summed E-state index contributed by atoms with van der Waals surface area (Å²) in [5.41, 5.74) is 1.67. The molecule has 6 heteroatoms. The lowest BCUT2D eigenvalue weighted by Crippen LogP contribution is -1.97. The smallest absolute Gasteiger partial charge is 0.221 e. The normalized spacial score (nSPS) is 13.1. The van der Waals surface area contributed by atoms with Gasteiger partial charge in [0.2, 0.25) is 6.79 Å². The lowest BCUT2D eigenvalue weighted by Gasteiger charge is -2.01. The highest BCUT2D eigenvalue weighted by Gasteiger charge is 2.07. The first kappa shape index (κ1) is 14.2. The minimum absolute atomic E-state index is 0.164. The van der Waals surface area contributed by atoms with Crippen LogP contribution in [0.5, 0.6) is 5.75 Å². The number of benzene rings is 2. The fourth-order valence-electron chi connectivity index (χ4n) is 1.86. The minimum atomic E-state index is 0.164. The number of rotatable bonds is 0. The van der Waals surface area contributed by atoms with Crippen molar-refractivity contribution in [2.45, 2.75) is 6.61 Å². The maximum Gasteiger partial charge on any atom is 0.221 e. The molecular weight excluding hydrogens is 288 g/mol. The maximum atomic E-state index is 5.20. The molecule has 0 saturated heterocycles. The van der Waals surface area contributed by atoms with Crippen molar-refractivity contribution in [2.24, 2.45) is 0 Å². The Balaban J connectivity index is 0.000000131. The topological polar surface area (TPSA) is 67.1 Å². The molecule has 1 aromatic heterocycles. The molecule has 0 atom stereocenters. The van der Waals surface area contributed by atoms with E-state index in [1.807, 2.05) is 42.5 Å². The van der Waals surface area contributed by atoms with E-state index in [1.165, 1.54) is 6.26 Å². The van der Waals surface area contributed by atoms with E-state index in [0.29, 0.717) is 12.2 Å². The fraction of sp³-hybridized carbons (Fsp3) is 0.125. The molecule has 0 fully saturated rings. The number of hydrogen-bond acceptors (Lipinski definition) is 6. The third-order valence-electron chi connectivity index (χ3n) is 2.92. The van der Waals surface area contributed by atoms with Gasteiger partial charge in [-0.3, -0.25) is 9.15 Å². The SMILES string of the molecule is c1ccc2c(c1)COOCO2.c1ccc2oooccc2c1. The van der Waals surface area contributed by atoms with Crippen LogP contribution in [0, 0.1) is 0 Å². The van der Waals surface area contributed by atoms with Crippen molar-refractivity contribution in [1.82, 2.24) is 0 Å². The van der Waals surface area contributed by atoms with Gasteiger partial charge < -0.3 is 4.74 Å². The molecule has 2 aromatic carbocycles. The van der Waals surface area contributed by atoms with Crippen molar-refractivity contribution in [2.75, 3.05) is 6.79 Å². The second kappa shape index (κ2) is 7.35.